The maximum atomic E-state index is 11.9. The highest BCUT2D eigenvalue weighted by Gasteiger charge is 2.06. The Morgan fingerprint density at radius 1 is 1.29 bits per heavy atom. The standard InChI is InChI=1S/C15H20N4OS/c1-3-18(4-2)13-7-5-12(6-8-13)17-14(20)11-19-9-10-21-15(19)16/h5-10,16H,3-4,11H2,1-2H3,(H,17,20). The molecule has 0 unspecified atom stereocenters. The molecule has 0 fully saturated rings. The van der Waals surface area contributed by atoms with Gasteiger partial charge in [0.15, 0.2) is 4.80 Å². The van der Waals surface area contributed by atoms with Crippen LogP contribution in [0, 0.1) is 5.41 Å². The van der Waals surface area contributed by atoms with Gasteiger partial charge in [-0.1, -0.05) is 0 Å². The molecule has 2 N–H and O–H groups in total. The van der Waals surface area contributed by atoms with Crippen LogP contribution in [0.25, 0.3) is 0 Å². The summed E-state index contributed by atoms with van der Waals surface area (Å²) in [6.07, 6.45) is 1.75. The normalized spacial score (nSPS) is 10.4. The van der Waals surface area contributed by atoms with Gasteiger partial charge in [0.25, 0.3) is 0 Å². The number of anilines is 2. The van der Waals surface area contributed by atoms with Crippen LogP contribution < -0.4 is 15.0 Å². The van der Waals surface area contributed by atoms with Gasteiger partial charge in [0, 0.05) is 36.0 Å². The monoisotopic (exact) mass is 304 g/mol. The fourth-order valence-corrected chi connectivity index (χ4v) is 2.73. The van der Waals surface area contributed by atoms with Gasteiger partial charge in [-0.3, -0.25) is 10.2 Å². The molecule has 2 aromatic rings. The zero-order chi connectivity index (χ0) is 15.2. The molecule has 0 atom stereocenters. The predicted octanol–water partition coefficient (Wildman–Crippen LogP) is 2.51. The largest absolute Gasteiger partial charge is 0.372 e. The molecule has 0 aliphatic heterocycles. The van der Waals surface area contributed by atoms with Crippen LogP contribution in [-0.4, -0.2) is 23.6 Å². The SMILES string of the molecule is CCN(CC)c1ccc(NC(=O)Cn2ccsc2=N)cc1. The number of carbonyl (C=O) groups is 1. The number of rotatable bonds is 6. The van der Waals surface area contributed by atoms with E-state index in [-0.39, 0.29) is 12.5 Å². The quantitative estimate of drug-likeness (QED) is 0.861. The van der Waals surface area contributed by atoms with Gasteiger partial charge in [-0.25, -0.2) is 0 Å². The molecule has 0 saturated carbocycles. The number of benzene rings is 1. The fourth-order valence-electron chi connectivity index (χ4n) is 2.13. The summed E-state index contributed by atoms with van der Waals surface area (Å²) in [5, 5.41) is 12.3. The maximum absolute atomic E-state index is 11.9. The third-order valence-corrected chi connectivity index (χ3v) is 3.99. The van der Waals surface area contributed by atoms with Crippen molar-refractivity contribution < 1.29 is 4.79 Å². The summed E-state index contributed by atoms with van der Waals surface area (Å²) in [5.41, 5.74) is 1.93. The second kappa shape index (κ2) is 7.08. The molecule has 0 aliphatic carbocycles. The summed E-state index contributed by atoms with van der Waals surface area (Å²) < 4.78 is 1.62. The highest BCUT2D eigenvalue weighted by atomic mass is 32.1. The van der Waals surface area contributed by atoms with E-state index in [0.29, 0.717) is 4.80 Å². The van der Waals surface area contributed by atoms with Gasteiger partial charge in [0.2, 0.25) is 5.91 Å². The first-order valence-corrected chi connectivity index (χ1v) is 7.85. The first-order valence-electron chi connectivity index (χ1n) is 6.97. The number of amides is 1. The van der Waals surface area contributed by atoms with Gasteiger partial charge in [-0.05, 0) is 38.1 Å². The molecule has 0 saturated heterocycles. The number of nitrogens with one attached hydrogen (secondary N) is 2. The lowest BCUT2D eigenvalue weighted by Crippen LogP contribution is -2.24. The average Bonchev–Trinajstić information content (AvgIpc) is 2.87. The Balaban J connectivity index is 1.98. The van der Waals surface area contributed by atoms with Crippen molar-refractivity contribution in [2.45, 2.75) is 20.4 Å². The van der Waals surface area contributed by atoms with E-state index in [1.165, 1.54) is 11.3 Å². The van der Waals surface area contributed by atoms with Gasteiger partial charge in [0.1, 0.15) is 6.54 Å². The van der Waals surface area contributed by atoms with Gasteiger partial charge < -0.3 is 14.8 Å². The fraction of sp³-hybridized carbons (Fsp3) is 0.333. The minimum absolute atomic E-state index is 0.123. The summed E-state index contributed by atoms with van der Waals surface area (Å²) in [6, 6.07) is 7.84. The van der Waals surface area contributed by atoms with E-state index >= 15 is 0 Å². The number of aromatic nitrogens is 1. The molecule has 0 aliphatic rings. The van der Waals surface area contributed by atoms with Crippen LogP contribution in [0.1, 0.15) is 13.8 Å². The zero-order valence-electron chi connectivity index (χ0n) is 12.3. The van der Waals surface area contributed by atoms with E-state index in [2.05, 4.69) is 24.1 Å². The molecule has 5 nitrogen and oxygen atoms in total. The lowest BCUT2D eigenvalue weighted by molar-refractivity contribution is -0.116. The van der Waals surface area contributed by atoms with Crippen molar-refractivity contribution in [2.75, 3.05) is 23.3 Å². The van der Waals surface area contributed by atoms with E-state index in [1.807, 2.05) is 24.3 Å². The third-order valence-electron chi connectivity index (χ3n) is 3.27. The number of nitrogens with zero attached hydrogens (tertiary/aromatic N) is 2. The highest BCUT2D eigenvalue weighted by Crippen LogP contribution is 2.17. The van der Waals surface area contributed by atoms with Crippen molar-refractivity contribution in [1.82, 2.24) is 4.57 Å². The van der Waals surface area contributed by atoms with Crippen molar-refractivity contribution in [3.05, 3.63) is 40.6 Å². The maximum Gasteiger partial charge on any atom is 0.244 e. The average molecular weight is 304 g/mol. The summed E-state index contributed by atoms with van der Waals surface area (Å²) >= 11 is 1.31. The van der Waals surface area contributed by atoms with Crippen molar-refractivity contribution in [3.8, 4) is 0 Å². The second-order valence-corrected chi connectivity index (χ2v) is 5.50. The molecule has 2 rings (SSSR count). The Morgan fingerprint density at radius 3 is 2.48 bits per heavy atom. The molecule has 1 amide bonds. The smallest absolute Gasteiger partial charge is 0.244 e. The Hall–Kier alpha value is -2.08. The molecular formula is C15H20N4OS. The van der Waals surface area contributed by atoms with E-state index in [1.54, 1.807) is 16.1 Å². The van der Waals surface area contributed by atoms with Crippen LogP contribution in [0.5, 0.6) is 0 Å². The molecule has 0 radical (unpaired) electrons. The van der Waals surface area contributed by atoms with Crippen LogP contribution in [-0.2, 0) is 11.3 Å². The molecule has 1 heterocycles. The minimum Gasteiger partial charge on any atom is -0.372 e. The zero-order valence-corrected chi connectivity index (χ0v) is 13.1. The number of carbonyl (C=O) groups excluding carboxylic acids is 1. The van der Waals surface area contributed by atoms with Crippen molar-refractivity contribution in [2.24, 2.45) is 0 Å². The van der Waals surface area contributed by atoms with E-state index in [0.717, 1.165) is 24.5 Å². The Kier molecular flexibility index (Phi) is 5.16. The molecule has 6 heteroatoms. The Morgan fingerprint density at radius 2 is 1.95 bits per heavy atom. The summed E-state index contributed by atoms with van der Waals surface area (Å²) in [6.45, 7) is 6.33. The molecule has 112 valence electrons. The predicted molar refractivity (Wildman–Crippen MR) is 86.8 cm³/mol. The lowest BCUT2D eigenvalue weighted by Gasteiger charge is -2.21. The molecule has 21 heavy (non-hydrogen) atoms. The van der Waals surface area contributed by atoms with Crippen molar-refractivity contribution in [3.63, 3.8) is 0 Å². The number of thiazole rings is 1. The highest BCUT2D eigenvalue weighted by molar-refractivity contribution is 7.06. The van der Waals surface area contributed by atoms with Crippen LogP contribution in [0.3, 0.4) is 0 Å². The molecule has 0 spiro atoms. The molecule has 1 aromatic heterocycles. The Bertz CT molecular complexity index is 640. The van der Waals surface area contributed by atoms with Crippen molar-refractivity contribution >= 4 is 28.6 Å². The lowest BCUT2D eigenvalue weighted by atomic mass is 10.2. The summed E-state index contributed by atoms with van der Waals surface area (Å²) in [7, 11) is 0. The Labute approximate surface area is 128 Å². The van der Waals surface area contributed by atoms with Crippen LogP contribution in [0.2, 0.25) is 0 Å². The van der Waals surface area contributed by atoms with Gasteiger partial charge in [-0.2, -0.15) is 0 Å². The van der Waals surface area contributed by atoms with Gasteiger partial charge in [0.05, 0.1) is 0 Å². The minimum atomic E-state index is -0.123. The van der Waals surface area contributed by atoms with E-state index in [9.17, 15) is 4.79 Å². The topological polar surface area (TPSA) is 61.1 Å². The van der Waals surface area contributed by atoms with E-state index in [4.69, 9.17) is 5.41 Å². The first-order chi connectivity index (χ1) is 10.1. The van der Waals surface area contributed by atoms with Crippen LogP contribution in [0.15, 0.2) is 35.8 Å². The van der Waals surface area contributed by atoms with Crippen LogP contribution >= 0.6 is 11.3 Å². The molecule has 0 bridgehead atoms. The second-order valence-electron chi connectivity index (χ2n) is 4.60. The van der Waals surface area contributed by atoms with Gasteiger partial charge in [-0.15, -0.1) is 11.3 Å². The number of hydrogen-bond donors (Lipinski definition) is 2. The number of hydrogen-bond acceptors (Lipinski definition) is 4. The van der Waals surface area contributed by atoms with Crippen LogP contribution in [0.4, 0.5) is 11.4 Å². The molecule has 1 aromatic carbocycles. The van der Waals surface area contributed by atoms with Gasteiger partial charge >= 0.3 is 0 Å². The van der Waals surface area contributed by atoms with Crippen molar-refractivity contribution in [1.29, 1.82) is 5.41 Å². The third kappa shape index (κ3) is 3.95. The first kappa shape index (κ1) is 15.3. The summed E-state index contributed by atoms with van der Waals surface area (Å²) in [4.78, 5) is 14.6. The van der Waals surface area contributed by atoms with E-state index < -0.39 is 0 Å². The molecular weight excluding hydrogens is 284 g/mol. The summed E-state index contributed by atoms with van der Waals surface area (Å²) in [5.74, 6) is -0.123.